The largest absolute Gasteiger partial charge is 0.436 e. The number of alkyl halides is 3. The van der Waals surface area contributed by atoms with E-state index in [0.29, 0.717) is 5.75 Å². The maximum atomic E-state index is 12.9. The van der Waals surface area contributed by atoms with Gasteiger partial charge in [0.15, 0.2) is 0 Å². The summed E-state index contributed by atoms with van der Waals surface area (Å²) in [6.07, 6.45) is -0.253. The minimum Gasteiger partial charge on any atom is -0.436 e. The Bertz CT molecular complexity index is 937. The van der Waals surface area contributed by atoms with E-state index in [1.807, 2.05) is 6.07 Å². The van der Waals surface area contributed by atoms with Crippen molar-refractivity contribution in [3.05, 3.63) is 66.2 Å². The van der Waals surface area contributed by atoms with Gasteiger partial charge in [0, 0.05) is 18.0 Å². The molecule has 0 aliphatic rings. The zero-order valence-corrected chi connectivity index (χ0v) is 12.5. The SMILES string of the molecule is N#Cc1ncc(-c2cccc(C(F)(F)F)c2)nc1Oc1ccncc1. The highest BCUT2D eigenvalue weighted by molar-refractivity contribution is 5.60. The first-order valence-corrected chi connectivity index (χ1v) is 7.00. The van der Waals surface area contributed by atoms with Crippen molar-refractivity contribution < 1.29 is 17.9 Å². The molecular formula is C17H9F3N4O. The third-order valence-electron chi connectivity index (χ3n) is 3.20. The highest BCUT2D eigenvalue weighted by atomic mass is 19.4. The topological polar surface area (TPSA) is 71.7 Å². The molecule has 124 valence electrons. The van der Waals surface area contributed by atoms with Crippen LogP contribution in [-0.2, 0) is 6.18 Å². The number of nitriles is 1. The van der Waals surface area contributed by atoms with Crippen LogP contribution in [0.2, 0.25) is 0 Å². The minimum atomic E-state index is -4.47. The van der Waals surface area contributed by atoms with E-state index in [1.165, 1.54) is 30.7 Å². The lowest BCUT2D eigenvalue weighted by Gasteiger charge is -2.10. The van der Waals surface area contributed by atoms with E-state index in [2.05, 4.69) is 15.0 Å². The van der Waals surface area contributed by atoms with Crippen LogP contribution < -0.4 is 4.74 Å². The van der Waals surface area contributed by atoms with Gasteiger partial charge in [-0.3, -0.25) is 4.98 Å². The van der Waals surface area contributed by atoms with Gasteiger partial charge in [-0.15, -0.1) is 0 Å². The molecule has 0 bridgehead atoms. The molecule has 5 nitrogen and oxygen atoms in total. The Morgan fingerprint density at radius 1 is 1.08 bits per heavy atom. The van der Waals surface area contributed by atoms with Gasteiger partial charge in [0.1, 0.15) is 11.8 Å². The van der Waals surface area contributed by atoms with Crippen molar-refractivity contribution >= 4 is 0 Å². The average Bonchev–Trinajstić information content (AvgIpc) is 2.62. The maximum Gasteiger partial charge on any atom is 0.416 e. The number of aromatic nitrogens is 3. The molecule has 0 aliphatic carbocycles. The molecule has 8 heteroatoms. The Morgan fingerprint density at radius 3 is 2.52 bits per heavy atom. The summed E-state index contributed by atoms with van der Waals surface area (Å²) in [6.45, 7) is 0. The van der Waals surface area contributed by atoms with E-state index < -0.39 is 11.7 Å². The molecule has 0 saturated carbocycles. The van der Waals surface area contributed by atoms with E-state index in [0.717, 1.165) is 12.1 Å². The fourth-order valence-electron chi connectivity index (χ4n) is 2.03. The van der Waals surface area contributed by atoms with Crippen molar-refractivity contribution in [2.75, 3.05) is 0 Å². The Hall–Kier alpha value is -3.47. The van der Waals surface area contributed by atoms with Gasteiger partial charge in [0.25, 0.3) is 5.88 Å². The number of pyridine rings is 1. The Kier molecular flexibility index (Phi) is 4.31. The van der Waals surface area contributed by atoms with E-state index >= 15 is 0 Å². The zero-order valence-electron chi connectivity index (χ0n) is 12.5. The molecule has 0 atom stereocenters. The lowest BCUT2D eigenvalue weighted by Crippen LogP contribution is -2.05. The summed E-state index contributed by atoms with van der Waals surface area (Å²) in [5, 5.41) is 9.12. The Balaban J connectivity index is 2.01. The van der Waals surface area contributed by atoms with Crippen LogP contribution in [0.3, 0.4) is 0 Å². The lowest BCUT2D eigenvalue weighted by atomic mass is 10.1. The van der Waals surface area contributed by atoms with E-state index in [9.17, 15) is 13.2 Å². The van der Waals surface area contributed by atoms with E-state index in [1.54, 1.807) is 12.1 Å². The summed E-state index contributed by atoms with van der Waals surface area (Å²) in [5.41, 5.74) is -0.499. The fourth-order valence-corrected chi connectivity index (χ4v) is 2.03. The molecule has 0 radical (unpaired) electrons. The molecule has 0 unspecified atom stereocenters. The number of nitrogens with zero attached hydrogens (tertiary/aromatic N) is 4. The van der Waals surface area contributed by atoms with Crippen LogP contribution in [0.25, 0.3) is 11.3 Å². The van der Waals surface area contributed by atoms with Gasteiger partial charge in [-0.2, -0.15) is 18.4 Å². The van der Waals surface area contributed by atoms with Crippen molar-refractivity contribution in [3.63, 3.8) is 0 Å². The quantitative estimate of drug-likeness (QED) is 0.712. The van der Waals surface area contributed by atoms with Gasteiger partial charge < -0.3 is 4.74 Å². The molecule has 0 fully saturated rings. The van der Waals surface area contributed by atoms with Gasteiger partial charge in [-0.1, -0.05) is 12.1 Å². The third-order valence-corrected chi connectivity index (χ3v) is 3.20. The summed E-state index contributed by atoms with van der Waals surface area (Å²) < 4.78 is 44.1. The number of benzene rings is 1. The highest BCUT2D eigenvalue weighted by Gasteiger charge is 2.30. The molecule has 0 amide bonds. The molecule has 3 aromatic rings. The second-order valence-electron chi connectivity index (χ2n) is 4.88. The standard InChI is InChI=1S/C17H9F3N4O/c18-17(19,20)12-3-1-2-11(8-12)15-10-23-14(9-21)16(24-15)25-13-4-6-22-7-5-13/h1-8,10H. The van der Waals surface area contributed by atoms with Crippen molar-refractivity contribution in [2.24, 2.45) is 0 Å². The van der Waals surface area contributed by atoms with Crippen molar-refractivity contribution in [3.8, 4) is 29.0 Å². The second-order valence-corrected chi connectivity index (χ2v) is 4.88. The van der Waals surface area contributed by atoms with Crippen molar-refractivity contribution in [1.29, 1.82) is 5.26 Å². The summed E-state index contributed by atoms with van der Waals surface area (Å²) in [5.74, 6) is 0.283. The van der Waals surface area contributed by atoms with Crippen molar-refractivity contribution in [2.45, 2.75) is 6.18 Å². The van der Waals surface area contributed by atoms with Gasteiger partial charge in [0.2, 0.25) is 5.69 Å². The van der Waals surface area contributed by atoms with Crippen molar-refractivity contribution in [1.82, 2.24) is 15.0 Å². The molecule has 0 aliphatic heterocycles. The smallest absolute Gasteiger partial charge is 0.416 e. The predicted molar refractivity (Wildman–Crippen MR) is 81.5 cm³/mol. The summed E-state index contributed by atoms with van der Waals surface area (Å²) in [4.78, 5) is 11.9. The molecular weight excluding hydrogens is 333 g/mol. The van der Waals surface area contributed by atoms with Gasteiger partial charge in [0.05, 0.1) is 17.5 Å². The first kappa shape index (κ1) is 16.4. The number of rotatable bonds is 3. The molecule has 0 spiro atoms. The Morgan fingerprint density at radius 2 is 1.84 bits per heavy atom. The molecule has 3 rings (SSSR count). The Labute approximate surface area is 140 Å². The summed E-state index contributed by atoms with van der Waals surface area (Å²) in [7, 11) is 0. The zero-order chi connectivity index (χ0) is 17.9. The van der Waals surface area contributed by atoms with Gasteiger partial charge in [-0.25, -0.2) is 9.97 Å². The van der Waals surface area contributed by atoms with E-state index in [-0.39, 0.29) is 22.8 Å². The number of ether oxygens (including phenoxy) is 1. The number of hydrogen-bond acceptors (Lipinski definition) is 5. The van der Waals surface area contributed by atoms with Gasteiger partial charge in [-0.05, 0) is 24.3 Å². The van der Waals surface area contributed by atoms with Crippen LogP contribution in [0.15, 0.2) is 55.0 Å². The molecule has 25 heavy (non-hydrogen) atoms. The van der Waals surface area contributed by atoms with Crippen LogP contribution >= 0.6 is 0 Å². The maximum absolute atomic E-state index is 12.9. The molecule has 0 saturated heterocycles. The lowest BCUT2D eigenvalue weighted by molar-refractivity contribution is -0.137. The molecule has 1 aromatic carbocycles. The van der Waals surface area contributed by atoms with Crippen LogP contribution in [0.1, 0.15) is 11.3 Å². The molecule has 2 aromatic heterocycles. The van der Waals surface area contributed by atoms with Crippen LogP contribution in [0, 0.1) is 11.3 Å². The van der Waals surface area contributed by atoms with E-state index in [4.69, 9.17) is 10.00 Å². The second kappa shape index (κ2) is 6.57. The van der Waals surface area contributed by atoms with Crippen LogP contribution in [0.4, 0.5) is 13.2 Å². The number of halogens is 3. The minimum absolute atomic E-state index is 0.0764. The highest BCUT2D eigenvalue weighted by Crippen LogP contribution is 2.32. The first-order chi connectivity index (χ1) is 12.0. The normalized spacial score (nSPS) is 11.0. The summed E-state index contributed by atoms with van der Waals surface area (Å²) in [6, 6.07) is 9.63. The van der Waals surface area contributed by atoms with Crippen LogP contribution in [0.5, 0.6) is 11.6 Å². The fraction of sp³-hybridized carbons (Fsp3) is 0.0588. The van der Waals surface area contributed by atoms with Crippen LogP contribution in [-0.4, -0.2) is 15.0 Å². The summed E-state index contributed by atoms with van der Waals surface area (Å²) >= 11 is 0. The first-order valence-electron chi connectivity index (χ1n) is 7.00. The molecule has 2 heterocycles. The monoisotopic (exact) mass is 342 g/mol. The number of hydrogen-bond donors (Lipinski definition) is 0. The predicted octanol–water partition coefficient (Wildman–Crippen LogP) is 4.22. The molecule has 0 N–H and O–H groups in total. The van der Waals surface area contributed by atoms with Gasteiger partial charge >= 0.3 is 6.18 Å². The average molecular weight is 342 g/mol. The third kappa shape index (κ3) is 3.72.